The van der Waals surface area contributed by atoms with E-state index < -0.39 is 0 Å². The van der Waals surface area contributed by atoms with Gasteiger partial charge in [-0.15, -0.1) is 0 Å². The van der Waals surface area contributed by atoms with E-state index in [1.165, 1.54) is 0 Å². The quantitative estimate of drug-likeness (QED) is 0.757. The van der Waals surface area contributed by atoms with Gasteiger partial charge in [-0.3, -0.25) is 4.68 Å². The first kappa shape index (κ1) is 12.7. The van der Waals surface area contributed by atoms with Gasteiger partial charge >= 0.3 is 0 Å². The number of nitrogens with one attached hydrogen (secondary N) is 1. The van der Waals surface area contributed by atoms with Gasteiger partial charge in [0.15, 0.2) is 0 Å². The third-order valence-corrected chi connectivity index (χ3v) is 3.33. The molecule has 20 heavy (non-hydrogen) atoms. The third-order valence-electron chi connectivity index (χ3n) is 3.33. The molecular formula is C14H17N5O. The van der Waals surface area contributed by atoms with Crippen molar-refractivity contribution >= 4 is 16.9 Å². The molecule has 0 aliphatic rings. The fourth-order valence-corrected chi connectivity index (χ4v) is 2.30. The number of aryl methyl sites for hydroxylation is 1. The van der Waals surface area contributed by atoms with Crippen LogP contribution in [-0.4, -0.2) is 33.5 Å². The number of nitrogen functional groups attached to an aromatic ring is 1. The number of para-hydroxylation sites is 2. The zero-order valence-electron chi connectivity index (χ0n) is 11.6. The molecule has 0 aliphatic carbocycles. The Morgan fingerprint density at radius 2 is 2.15 bits per heavy atom. The predicted molar refractivity (Wildman–Crippen MR) is 78.3 cm³/mol. The normalized spacial score (nSPS) is 11.3. The van der Waals surface area contributed by atoms with E-state index >= 15 is 0 Å². The second-order valence-electron chi connectivity index (χ2n) is 4.68. The van der Waals surface area contributed by atoms with Gasteiger partial charge in [-0.2, -0.15) is 5.10 Å². The van der Waals surface area contributed by atoms with Crippen molar-refractivity contribution in [2.75, 3.05) is 19.5 Å². The summed E-state index contributed by atoms with van der Waals surface area (Å²) in [6, 6.07) is 7.90. The molecule has 6 heteroatoms. The molecule has 3 aromatic rings. The topological polar surface area (TPSA) is 81.8 Å². The highest BCUT2D eigenvalue weighted by Crippen LogP contribution is 2.29. The van der Waals surface area contributed by atoms with Gasteiger partial charge in [-0.25, -0.2) is 4.98 Å². The first-order valence-electron chi connectivity index (χ1n) is 6.46. The van der Waals surface area contributed by atoms with Crippen molar-refractivity contribution in [3.63, 3.8) is 0 Å². The maximum absolute atomic E-state index is 6.13. The van der Waals surface area contributed by atoms with Gasteiger partial charge in [0.2, 0.25) is 0 Å². The Morgan fingerprint density at radius 3 is 2.90 bits per heavy atom. The number of methoxy groups -OCH3 is 1. The Labute approximate surface area is 116 Å². The van der Waals surface area contributed by atoms with Crippen molar-refractivity contribution in [2.45, 2.75) is 6.42 Å². The lowest BCUT2D eigenvalue weighted by atomic mass is 10.2. The van der Waals surface area contributed by atoms with Crippen LogP contribution >= 0.6 is 0 Å². The highest BCUT2D eigenvalue weighted by atomic mass is 16.5. The van der Waals surface area contributed by atoms with E-state index in [1.54, 1.807) is 11.8 Å². The number of anilines is 1. The molecule has 0 bridgehead atoms. The molecule has 0 unspecified atom stereocenters. The van der Waals surface area contributed by atoms with Gasteiger partial charge in [0.05, 0.1) is 28.9 Å². The highest BCUT2D eigenvalue weighted by molar-refractivity contribution is 5.82. The summed E-state index contributed by atoms with van der Waals surface area (Å²) >= 11 is 0. The summed E-state index contributed by atoms with van der Waals surface area (Å²) in [5.74, 6) is 1.36. The number of fused-ring (bicyclic) bond motifs is 1. The number of aromatic nitrogens is 4. The van der Waals surface area contributed by atoms with Crippen LogP contribution in [-0.2, 0) is 18.2 Å². The van der Waals surface area contributed by atoms with Gasteiger partial charge in [0.1, 0.15) is 11.6 Å². The summed E-state index contributed by atoms with van der Waals surface area (Å²) in [5.41, 5.74) is 9.79. The van der Waals surface area contributed by atoms with Gasteiger partial charge in [0, 0.05) is 20.6 Å². The van der Waals surface area contributed by atoms with Crippen molar-refractivity contribution in [3.05, 3.63) is 30.0 Å². The Kier molecular flexibility index (Phi) is 3.15. The van der Waals surface area contributed by atoms with Crippen LogP contribution in [0.25, 0.3) is 22.4 Å². The van der Waals surface area contributed by atoms with Crippen molar-refractivity contribution in [3.8, 4) is 11.4 Å². The van der Waals surface area contributed by atoms with Crippen molar-refractivity contribution in [2.24, 2.45) is 7.05 Å². The molecule has 0 amide bonds. The molecule has 3 N–H and O–H groups in total. The monoisotopic (exact) mass is 271 g/mol. The Morgan fingerprint density at radius 1 is 1.35 bits per heavy atom. The lowest BCUT2D eigenvalue weighted by Gasteiger charge is -2.00. The average Bonchev–Trinajstić information content (AvgIpc) is 2.98. The predicted octanol–water partition coefficient (Wildman–Crippen LogP) is 1.73. The molecule has 6 nitrogen and oxygen atoms in total. The van der Waals surface area contributed by atoms with Crippen LogP contribution in [0.1, 0.15) is 5.69 Å². The van der Waals surface area contributed by atoms with Crippen LogP contribution in [0.5, 0.6) is 0 Å². The lowest BCUT2D eigenvalue weighted by molar-refractivity contribution is 0.201. The zero-order valence-corrected chi connectivity index (χ0v) is 11.6. The molecule has 104 valence electrons. The number of imidazole rings is 1. The molecule has 0 saturated heterocycles. The number of hydrogen-bond donors (Lipinski definition) is 2. The van der Waals surface area contributed by atoms with Crippen LogP contribution in [0.3, 0.4) is 0 Å². The van der Waals surface area contributed by atoms with Crippen LogP contribution in [0.15, 0.2) is 24.3 Å². The fraction of sp³-hybridized carbons (Fsp3) is 0.286. The van der Waals surface area contributed by atoms with E-state index in [1.807, 2.05) is 31.3 Å². The molecule has 0 spiro atoms. The second-order valence-corrected chi connectivity index (χ2v) is 4.68. The molecule has 0 atom stereocenters. The maximum Gasteiger partial charge on any atom is 0.144 e. The van der Waals surface area contributed by atoms with Gasteiger partial charge < -0.3 is 15.5 Å². The van der Waals surface area contributed by atoms with Crippen LogP contribution in [0.4, 0.5) is 5.82 Å². The van der Waals surface area contributed by atoms with Crippen LogP contribution in [0.2, 0.25) is 0 Å². The number of nitrogens with two attached hydrogens (primary N) is 1. The summed E-state index contributed by atoms with van der Waals surface area (Å²) in [6.07, 6.45) is 0.702. The molecule has 0 saturated carbocycles. The Hall–Kier alpha value is -2.34. The lowest BCUT2D eigenvalue weighted by Crippen LogP contribution is -1.98. The maximum atomic E-state index is 6.13. The van der Waals surface area contributed by atoms with E-state index in [2.05, 4.69) is 15.1 Å². The highest BCUT2D eigenvalue weighted by Gasteiger charge is 2.18. The standard InChI is InChI=1S/C14H17N5O/c1-19-13(15)12(11(18-19)7-8-20-2)14-16-9-5-3-4-6-10(9)17-14/h3-6H,7-8,15H2,1-2H3,(H,16,17). The molecule has 2 aromatic heterocycles. The Bertz CT molecular complexity index is 710. The minimum Gasteiger partial charge on any atom is -0.384 e. The van der Waals surface area contributed by atoms with Gasteiger partial charge in [-0.1, -0.05) is 12.1 Å². The van der Waals surface area contributed by atoms with E-state index in [-0.39, 0.29) is 0 Å². The minimum absolute atomic E-state index is 0.601. The van der Waals surface area contributed by atoms with Crippen molar-refractivity contribution < 1.29 is 4.74 Å². The number of benzene rings is 1. The molecule has 0 radical (unpaired) electrons. The summed E-state index contributed by atoms with van der Waals surface area (Å²) in [4.78, 5) is 7.89. The number of rotatable bonds is 4. The van der Waals surface area contributed by atoms with Crippen LogP contribution < -0.4 is 5.73 Å². The molecule has 3 rings (SSSR count). The first-order chi connectivity index (χ1) is 9.70. The number of aromatic amines is 1. The summed E-state index contributed by atoms with van der Waals surface area (Å²) in [7, 11) is 3.50. The van der Waals surface area contributed by atoms with Gasteiger partial charge in [-0.05, 0) is 12.1 Å². The molecule has 1 aromatic carbocycles. The largest absolute Gasteiger partial charge is 0.384 e. The van der Waals surface area contributed by atoms with Crippen molar-refractivity contribution in [1.29, 1.82) is 0 Å². The number of hydrogen-bond acceptors (Lipinski definition) is 4. The fourth-order valence-electron chi connectivity index (χ4n) is 2.30. The van der Waals surface area contributed by atoms with E-state index in [0.717, 1.165) is 28.1 Å². The van der Waals surface area contributed by atoms with E-state index in [0.29, 0.717) is 18.8 Å². The van der Waals surface area contributed by atoms with E-state index in [9.17, 15) is 0 Å². The summed E-state index contributed by atoms with van der Waals surface area (Å²) in [5, 5.41) is 4.45. The number of ether oxygens (including phenoxy) is 1. The zero-order chi connectivity index (χ0) is 14.1. The molecule has 0 fully saturated rings. The van der Waals surface area contributed by atoms with Gasteiger partial charge in [0.25, 0.3) is 0 Å². The summed E-state index contributed by atoms with van der Waals surface area (Å²) < 4.78 is 6.80. The second kappa shape index (κ2) is 4.97. The van der Waals surface area contributed by atoms with E-state index in [4.69, 9.17) is 10.5 Å². The first-order valence-corrected chi connectivity index (χ1v) is 6.46. The molecular weight excluding hydrogens is 254 g/mol. The van der Waals surface area contributed by atoms with Crippen molar-refractivity contribution in [1.82, 2.24) is 19.7 Å². The average molecular weight is 271 g/mol. The molecule has 0 aliphatic heterocycles. The number of H-pyrrole nitrogens is 1. The Balaban J connectivity index is 2.12. The molecule has 2 heterocycles. The smallest absolute Gasteiger partial charge is 0.144 e. The minimum atomic E-state index is 0.601. The number of nitrogens with zero attached hydrogens (tertiary/aromatic N) is 3. The summed E-state index contributed by atoms with van der Waals surface area (Å²) in [6.45, 7) is 0.601. The SMILES string of the molecule is COCCc1nn(C)c(N)c1-c1nc2ccccc2[nH]1. The third kappa shape index (κ3) is 2.04. The van der Waals surface area contributed by atoms with Crippen LogP contribution in [0, 0.1) is 0 Å².